The van der Waals surface area contributed by atoms with Crippen LogP contribution in [0.1, 0.15) is 143 Å². The van der Waals surface area contributed by atoms with Crippen molar-refractivity contribution in [3.8, 4) is 0 Å². The molecule has 0 unspecified atom stereocenters. The van der Waals surface area contributed by atoms with E-state index in [0.29, 0.717) is 36.0 Å². The van der Waals surface area contributed by atoms with E-state index in [1.54, 1.807) is 0 Å². The van der Waals surface area contributed by atoms with Gasteiger partial charge < -0.3 is 14.3 Å². The van der Waals surface area contributed by atoms with Gasteiger partial charge in [0.25, 0.3) is 0 Å². The van der Waals surface area contributed by atoms with E-state index in [4.69, 9.17) is 14.3 Å². The van der Waals surface area contributed by atoms with Crippen LogP contribution in [0, 0.1) is 68.5 Å². The lowest BCUT2D eigenvalue weighted by molar-refractivity contribution is -0.246. The predicted molar refractivity (Wildman–Crippen MR) is 205 cm³/mol. The molecule has 0 saturated heterocycles. The van der Waals surface area contributed by atoms with E-state index in [-0.39, 0.29) is 62.8 Å². The fourth-order valence-corrected chi connectivity index (χ4v) is 15.0. The largest absolute Gasteiger partial charge is 0.481 e. The lowest BCUT2D eigenvalue weighted by Crippen LogP contribution is -2.67. The maximum atomic E-state index is 13.6. The molecule has 7 nitrogen and oxygen atoms in total. The van der Waals surface area contributed by atoms with Crippen LogP contribution in [-0.2, 0) is 26.2 Å². The zero-order valence-corrected chi connectivity index (χ0v) is 33.7. The number of aromatic nitrogens is 2. The van der Waals surface area contributed by atoms with Gasteiger partial charge in [0, 0.05) is 11.8 Å². The summed E-state index contributed by atoms with van der Waals surface area (Å²) in [7, 11) is 0. The molecule has 0 bridgehead atoms. The third kappa shape index (κ3) is 5.30. The Labute approximate surface area is 317 Å². The van der Waals surface area contributed by atoms with Gasteiger partial charge in [-0.1, -0.05) is 91.0 Å². The molecule has 6 aliphatic rings. The molecule has 1 aromatic carbocycles. The van der Waals surface area contributed by atoms with E-state index < -0.39 is 5.97 Å². The quantitative estimate of drug-likeness (QED) is 0.214. The van der Waals surface area contributed by atoms with Crippen LogP contribution in [0.4, 0.5) is 0 Å². The van der Waals surface area contributed by atoms with E-state index >= 15 is 0 Å². The van der Waals surface area contributed by atoms with Crippen LogP contribution in [-0.4, -0.2) is 33.3 Å². The first-order chi connectivity index (χ1) is 24.9. The summed E-state index contributed by atoms with van der Waals surface area (Å²) >= 11 is 0. The molecule has 0 spiro atoms. The van der Waals surface area contributed by atoms with E-state index in [1.165, 1.54) is 36.8 Å². The second-order valence-electron chi connectivity index (χ2n) is 20.8. The number of carbonyl (C=O) groups is 2. The number of fused-ring (bicyclic) bond motifs is 7. The normalized spacial score (nSPS) is 43.4. The fraction of sp³-hybridized carbons (Fsp3) is 0.739. The Balaban J connectivity index is 1.05. The summed E-state index contributed by atoms with van der Waals surface area (Å²) in [5.41, 5.74) is 2.48. The zero-order valence-electron chi connectivity index (χ0n) is 33.7. The van der Waals surface area contributed by atoms with Gasteiger partial charge >= 0.3 is 11.9 Å². The molecule has 2 aromatic rings. The molecule has 12 atom stereocenters. The summed E-state index contributed by atoms with van der Waals surface area (Å²) < 4.78 is 13.1. The number of hydrogen-bond donors (Lipinski definition) is 1. The third-order valence-electron chi connectivity index (χ3n) is 18.1. The molecule has 1 aromatic heterocycles. The minimum absolute atomic E-state index is 0.0286. The Morgan fingerprint density at radius 3 is 2.28 bits per heavy atom. The Kier molecular flexibility index (Phi) is 8.56. The fourth-order valence-electron chi connectivity index (χ4n) is 15.0. The summed E-state index contributed by atoms with van der Waals surface area (Å²) in [6.45, 7) is 23.5. The van der Waals surface area contributed by atoms with Gasteiger partial charge in [0.05, 0.1) is 17.8 Å². The number of ether oxygens (including phenoxy) is 1. The van der Waals surface area contributed by atoms with Crippen molar-refractivity contribution < 1.29 is 23.8 Å². The van der Waals surface area contributed by atoms with Crippen LogP contribution in [0.5, 0.6) is 0 Å². The minimum Gasteiger partial charge on any atom is -0.481 e. The molecule has 0 amide bonds. The lowest BCUT2D eigenvalue weighted by Gasteiger charge is -2.72. The first-order valence-electron chi connectivity index (χ1n) is 20.8. The predicted octanol–water partition coefficient (Wildman–Crippen LogP) is 10.2. The van der Waals surface area contributed by atoms with Gasteiger partial charge in [-0.2, -0.15) is 0 Å². The van der Waals surface area contributed by atoms with Gasteiger partial charge in [0.15, 0.2) is 0 Å². The SMILES string of the molecule is C=C(C)[C@@H]1CC[C@]2(c3nnc(Cc4ccccc4)o3)CC[C@]3(C)[C@H](CC[C@@H]4[C@@]5(C)CC[C@H](OC(=O)[C@H]6[C@@H](CC(=O)O)C6(C)C)C(C)(C)[C@@H]5CC[C@]43C)[C@@H]12. The van der Waals surface area contributed by atoms with Gasteiger partial charge in [-0.15, -0.1) is 10.2 Å². The van der Waals surface area contributed by atoms with Gasteiger partial charge in [0.1, 0.15) is 6.10 Å². The summed E-state index contributed by atoms with van der Waals surface area (Å²) in [6, 6.07) is 10.4. The minimum atomic E-state index is -0.838. The highest BCUT2D eigenvalue weighted by Crippen LogP contribution is 2.77. The van der Waals surface area contributed by atoms with Crippen molar-refractivity contribution in [3.63, 3.8) is 0 Å². The van der Waals surface area contributed by atoms with Gasteiger partial charge in [-0.3, -0.25) is 9.59 Å². The maximum Gasteiger partial charge on any atom is 0.310 e. The average molecular weight is 725 g/mol. The van der Waals surface area contributed by atoms with E-state index in [9.17, 15) is 14.7 Å². The van der Waals surface area contributed by atoms with Crippen LogP contribution in [0.2, 0.25) is 0 Å². The molecule has 6 fully saturated rings. The van der Waals surface area contributed by atoms with Crippen LogP contribution < -0.4 is 0 Å². The van der Waals surface area contributed by atoms with Gasteiger partial charge in [-0.05, 0) is 134 Å². The molecule has 0 radical (unpaired) electrons. The second kappa shape index (κ2) is 12.3. The number of carboxylic acid groups (broad SMARTS) is 1. The molecule has 7 heteroatoms. The highest BCUT2D eigenvalue weighted by Gasteiger charge is 2.72. The molecule has 53 heavy (non-hydrogen) atoms. The molecular weight excluding hydrogens is 661 g/mol. The van der Waals surface area contributed by atoms with E-state index in [0.717, 1.165) is 50.3 Å². The molecule has 1 heterocycles. The first kappa shape index (κ1) is 37.0. The first-order valence-corrected chi connectivity index (χ1v) is 20.8. The lowest BCUT2D eigenvalue weighted by atomic mass is 9.32. The molecule has 288 valence electrons. The molecule has 6 aliphatic carbocycles. The summed E-state index contributed by atoms with van der Waals surface area (Å²) in [5.74, 6) is 2.65. The van der Waals surface area contributed by atoms with E-state index in [2.05, 4.69) is 77.5 Å². The number of benzene rings is 1. The maximum absolute atomic E-state index is 13.6. The van der Waals surface area contributed by atoms with Crippen molar-refractivity contribution >= 4 is 11.9 Å². The van der Waals surface area contributed by atoms with Crippen LogP contribution in [0.25, 0.3) is 0 Å². The number of carboxylic acids is 1. The van der Waals surface area contributed by atoms with Crippen LogP contribution >= 0.6 is 0 Å². The highest BCUT2D eigenvalue weighted by molar-refractivity contribution is 5.80. The summed E-state index contributed by atoms with van der Waals surface area (Å²) in [4.78, 5) is 25.1. The Hall–Kier alpha value is -2.96. The van der Waals surface area contributed by atoms with Crippen molar-refractivity contribution in [2.45, 2.75) is 144 Å². The third-order valence-corrected chi connectivity index (χ3v) is 18.1. The summed E-state index contributed by atoms with van der Waals surface area (Å²) in [5, 5.41) is 19.0. The number of carbonyl (C=O) groups excluding carboxylic acids is 1. The Morgan fingerprint density at radius 2 is 1.58 bits per heavy atom. The molecule has 0 aliphatic heterocycles. The van der Waals surface area contributed by atoms with Gasteiger partial charge in [-0.25, -0.2) is 0 Å². The second-order valence-corrected chi connectivity index (χ2v) is 20.8. The Bertz CT molecular complexity index is 1780. The van der Waals surface area contributed by atoms with Crippen LogP contribution in [0.3, 0.4) is 0 Å². The monoisotopic (exact) mass is 724 g/mol. The number of rotatable bonds is 8. The molecule has 6 saturated carbocycles. The molecule has 1 N–H and O–H groups in total. The number of nitrogens with zero attached hydrogens (tertiary/aromatic N) is 2. The van der Waals surface area contributed by atoms with Crippen molar-refractivity contribution in [2.75, 3.05) is 0 Å². The zero-order chi connectivity index (χ0) is 37.9. The summed E-state index contributed by atoms with van der Waals surface area (Å²) in [6.07, 6.45) is 11.8. The molecular formula is C46H64N2O5. The van der Waals surface area contributed by atoms with Gasteiger partial charge in [0.2, 0.25) is 11.8 Å². The number of aliphatic carboxylic acids is 1. The number of hydrogen-bond acceptors (Lipinski definition) is 6. The van der Waals surface area contributed by atoms with Crippen LogP contribution in [0.15, 0.2) is 46.9 Å². The molecule has 8 rings (SSSR count). The topological polar surface area (TPSA) is 103 Å². The standard InChI is InChI=1S/C46H64N2O5/c1-27(2)29-17-22-46(40-48-47-35(53-40)25-28-13-11-10-12-14-28)24-23-44(8)30(37(29)46)15-16-33-43(7)20-19-34(42(5,6)32(43)18-21-45(33,44)9)52-39(51)38-31(26-36(49)50)41(38,3)4/h10-14,29-34,37-38H,1,15-26H2,2-9H3,(H,49,50)/t29-,30+,31+,32-,33+,34-,37+,38+,43-,44+,45+,46-/m0/s1. The van der Waals surface area contributed by atoms with E-state index in [1.807, 2.05) is 19.9 Å². The van der Waals surface area contributed by atoms with Crippen molar-refractivity contribution in [3.05, 3.63) is 59.8 Å². The average Bonchev–Trinajstić information content (AvgIpc) is 3.43. The highest BCUT2D eigenvalue weighted by atomic mass is 16.5. The number of allylic oxidation sites excluding steroid dienone is 1. The van der Waals surface area contributed by atoms with Crippen molar-refractivity contribution in [1.82, 2.24) is 10.2 Å². The smallest absolute Gasteiger partial charge is 0.310 e. The Morgan fingerprint density at radius 1 is 0.849 bits per heavy atom. The van der Waals surface area contributed by atoms with Crippen molar-refractivity contribution in [1.29, 1.82) is 0 Å². The number of esters is 1. The van der Waals surface area contributed by atoms with Crippen molar-refractivity contribution in [2.24, 2.45) is 68.5 Å².